The molecule has 1 aliphatic rings. The average molecular weight is 227 g/mol. The molecule has 2 N–H and O–H groups in total. The van der Waals surface area contributed by atoms with E-state index in [9.17, 15) is 0 Å². The fraction of sp³-hybridized carbons (Fsp3) is 1.00. The summed E-state index contributed by atoms with van der Waals surface area (Å²) in [5.41, 5.74) is 6.10. The normalized spacial score (nSPS) is 22.5. The smallest absolute Gasteiger partial charge is 0.0576 e. The summed E-state index contributed by atoms with van der Waals surface area (Å²) in [7, 11) is 0. The van der Waals surface area contributed by atoms with Crippen LogP contribution in [0.2, 0.25) is 0 Å². The van der Waals surface area contributed by atoms with Gasteiger partial charge < -0.3 is 10.5 Å². The zero-order chi connectivity index (χ0) is 11.6. The van der Waals surface area contributed by atoms with Crippen molar-refractivity contribution in [2.75, 3.05) is 6.61 Å². The van der Waals surface area contributed by atoms with Crippen molar-refractivity contribution >= 4 is 0 Å². The van der Waals surface area contributed by atoms with Crippen LogP contribution in [0.3, 0.4) is 0 Å². The Morgan fingerprint density at radius 2 is 2.00 bits per heavy atom. The molecule has 96 valence electrons. The Labute approximate surface area is 101 Å². The van der Waals surface area contributed by atoms with Crippen LogP contribution in [0.5, 0.6) is 0 Å². The number of hydrogen-bond acceptors (Lipinski definition) is 2. The minimum atomic E-state index is 0.429. The van der Waals surface area contributed by atoms with E-state index in [-0.39, 0.29) is 0 Å². The van der Waals surface area contributed by atoms with Gasteiger partial charge in [0, 0.05) is 12.6 Å². The highest BCUT2D eigenvalue weighted by molar-refractivity contribution is 4.67. The van der Waals surface area contributed by atoms with E-state index in [0.717, 1.165) is 6.61 Å². The van der Waals surface area contributed by atoms with Gasteiger partial charge in [0.1, 0.15) is 0 Å². The van der Waals surface area contributed by atoms with E-state index in [0.29, 0.717) is 12.1 Å². The summed E-state index contributed by atoms with van der Waals surface area (Å²) in [6, 6.07) is 0.429. The Bertz CT molecular complexity index is 155. The van der Waals surface area contributed by atoms with Gasteiger partial charge in [-0.15, -0.1) is 0 Å². The molecular formula is C14H29NO. The lowest BCUT2D eigenvalue weighted by molar-refractivity contribution is 0.101. The fourth-order valence-corrected chi connectivity index (χ4v) is 2.46. The molecular weight excluding hydrogens is 198 g/mol. The second-order valence-corrected chi connectivity index (χ2v) is 5.18. The largest absolute Gasteiger partial charge is 0.378 e. The van der Waals surface area contributed by atoms with Crippen LogP contribution in [-0.2, 0) is 4.74 Å². The highest BCUT2D eigenvalue weighted by Crippen LogP contribution is 2.18. The number of ether oxygens (including phenoxy) is 1. The Balaban J connectivity index is 1.87. The molecule has 2 atom stereocenters. The molecule has 0 radical (unpaired) electrons. The molecule has 0 amide bonds. The molecule has 0 bridgehead atoms. The third-order valence-corrected chi connectivity index (χ3v) is 3.55. The Morgan fingerprint density at radius 3 is 2.69 bits per heavy atom. The Hall–Kier alpha value is -0.0800. The second-order valence-electron chi connectivity index (χ2n) is 5.18. The minimum Gasteiger partial charge on any atom is -0.378 e. The standard InChI is InChI=1S/C14H29NO/c1-2-3-4-5-8-13(15)9-6-10-14-11-7-12-16-14/h13-14H,2-12,15H2,1H3. The van der Waals surface area contributed by atoms with Crippen molar-refractivity contribution in [2.45, 2.75) is 83.3 Å². The quantitative estimate of drug-likeness (QED) is 0.610. The van der Waals surface area contributed by atoms with Gasteiger partial charge in [-0.05, 0) is 38.5 Å². The van der Waals surface area contributed by atoms with Crippen molar-refractivity contribution in [3.63, 3.8) is 0 Å². The van der Waals surface area contributed by atoms with E-state index in [1.165, 1.54) is 64.2 Å². The summed E-state index contributed by atoms with van der Waals surface area (Å²) in [5, 5.41) is 0. The molecule has 0 spiro atoms. The summed E-state index contributed by atoms with van der Waals surface area (Å²) >= 11 is 0. The number of nitrogens with two attached hydrogens (primary N) is 1. The molecule has 1 rings (SSSR count). The van der Waals surface area contributed by atoms with E-state index in [1.807, 2.05) is 0 Å². The van der Waals surface area contributed by atoms with Crippen LogP contribution in [0.1, 0.15) is 71.1 Å². The molecule has 2 heteroatoms. The molecule has 2 nitrogen and oxygen atoms in total. The van der Waals surface area contributed by atoms with Crippen molar-refractivity contribution in [2.24, 2.45) is 5.73 Å². The molecule has 2 unspecified atom stereocenters. The van der Waals surface area contributed by atoms with Crippen molar-refractivity contribution in [1.82, 2.24) is 0 Å². The molecule has 1 heterocycles. The lowest BCUT2D eigenvalue weighted by Gasteiger charge is -2.13. The van der Waals surface area contributed by atoms with Crippen LogP contribution in [0.25, 0.3) is 0 Å². The molecule has 16 heavy (non-hydrogen) atoms. The van der Waals surface area contributed by atoms with Gasteiger partial charge in [-0.1, -0.05) is 32.6 Å². The molecule has 1 fully saturated rings. The first-order chi connectivity index (χ1) is 7.83. The van der Waals surface area contributed by atoms with Crippen LogP contribution < -0.4 is 5.73 Å². The van der Waals surface area contributed by atoms with Crippen LogP contribution in [0.15, 0.2) is 0 Å². The van der Waals surface area contributed by atoms with Crippen LogP contribution in [0, 0.1) is 0 Å². The van der Waals surface area contributed by atoms with Gasteiger partial charge in [0.05, 0.1) is 6.10 Å². The van der Waals surface area contributed by atoms with Gasteiger partial charge in [-0.2, -0.15) is 0 Å². The van der Waals surface area contributed by atoms with Gasteiger partial charge in [0.2, 0.25) is 0 Å². The topological polar surface area (TPSA) is 35.2 Å². The predicted octanol–water partition coefficient (Wildman–Crippen LogP) is 3.63. The first kappa shape index (κ1) is 14.0. The van der Waals surface area contributed by atoms with Crippen LogP contribution in [-0.4, -0.2) is 18.8 Å². The summed E-state index contributed by atoms with van der Waals surface area (Å²) in [6.07, 6.45) is 13.3. The fourth-order valence-electron chi connectivity index (χ4n) is 2.46. The second kappa shape index (κ2) is 9.00. The highest BCUT2D eigenvalue weighted by Gasteiger charge is 2.15. The van der Waals surface area contributed by atoms with Crippen LogP contribution >= 0.6 is 0 Å². The molecule has 0 aliphatic carbocycles. The number of hydrogen-bond donors (Lipinski definition) is 1. The first-order valence-electron chi connectivity index (χ1n) is 7.20. The minimum absolute atomic E-state index is 0.429. The summed E-state index contributed by atoms with van der Waals surface area (Å²) in [6.45, 7) is 3.23. The van der Waals surface area contributed by atoms with Crippen molar-refractivity contribution < 1.29 is 4.74 Å². The highest BCUT2D eigenvalue weighted by atomic mass is 16.5. The maximum Gasteiger partial charge on any atom is 0.0576 e. The van der Waals surface area contributed by atoms with Crippen molar-refractivity contribution in [1.29, 1.82) is 0 Å². The molecule has 0 aromatic heterocycles. The predicted molar refractivity (Wildman–Crippen MR) is 69.6 cm³/mol. The van der Waals surface area contributed by atoms with Crippen molar-refractivity contribution in [3.05, 3.63) is 0 Å². The van der Waals surface area contributed by atoms with E-state index >= 15 is 0 Å². The zero-order valence-corrected chi connectivity index (χ0v) is 10.9. The Kier molecular flexibility index (Phi) is 7.87. The van der Waals surface area contributed by atoms with Gasteiger partial charge in [0.25, 0.3) is 0 Å². The van der Waals surface area contributed by atoms with E-state index in [2.05, 4.69) is 6.92 Å². The summed E-state index contributed by atoms with van der Waals surface area (Å²) in [5.74, 6) is 0. The van der Waals surface area contributed by atoms with Gasteiger partial charge in [-0.3, -0.25) is 0 Å². The SMILES string of the molecule is CCCCCCC(N)CCCC1CCCO1. The number of rotatable bonds is 9. The molecule has 0 saturated carbocycles. The van der Waals surface area contributed by atoms with E-state index in [1.54, 1.807) is 0 Å². The monoisotopic (exact) mass is 227 g/mol. The Morgan fingerprint density at radius 1 is 1.19 bits per heavy atom. The lowest BCUT2D eigenvalue weighted by Crippen LogP contribution is -2.20. The first-order valence-corrected chi connectivity index (χ1v) is 7.20. The third-order valence-electron chi connectivity index (χ3n) is 3.55. The number of unbranched alkanes of at least 4 members (excludes halogenated alkanes) is 3. The zero-order valence-electron chi connectivity index (χ0n) is 10.9. The molecule has 0 aromatic rings. The van der Waals surface area contributed by atoms with Gasteiger partial charge in [-0.25, -0.2) is 0 Å². The van der Waals surface area contributed by atoms with E-state index < -0.39 is 0 Å². The molecule has 0 aromatic carbocycles. The van der Waals surface area contributed by atoms with Gasteiger partial charge >= 0.3 is 0 Å². The summed E-state index contributed by atoms with van der Waals surface area (Å²) in [4.78, 5) is 0. The van der Waals surface area contributed by atoms with Crippen LogP contribution in [0.4, 0.5) is 0 Å². The maximum absolute atomic E-state index is 6.10. The summed E-state index contributed by atoms with van der Waals surface area (Å²) < 4.78 is 5.61. The van der Waals surface area contributed by atoms with Crippen molar-refractivity contribution in [3.8, 4) is 0 Å². The van der Waals surface area contributed by atoms with Gasteiger partial charge in [0.15, 0.2) is 0 Å². The maximum atomic E-state index is 6.10. The molecule has 1 saturated heterocycles. The average Bonchev–Trinajstić information content (AvgIpc) is 2.77. The van der Waals surface area contributed by atoms with E-state index in [4.69, 9.17) is 10.5 Å². The lowest BCUT2D eigenvalue weighted by atomic mass is 10.0. The third kappa shape index (κ3) is 6.49. The molecule has 1 aliphatic heterocycles.